The van der Waals surface area contributed by atoms with Crippen molar-refractivity contribution in [2.75, 3.05) is 7.05 Å². The molecule has 1 nitrogen and oxygen atoms in total. The van der Waals surface area contributed by atoms with Crippen molar-refractivity contribution in [1.82, 2.24) is 5.32 Å². The van der Waals surface area contributed by atoms with Gasteiger partial charge in [-0.05, 0) is 49.7 Å². The minimum absolute atomic E-state index is 0.348. The smallest absolute Gasteiger partial charge is 0.0931 e. The van der Waals surface area contributed by atoms with Crippen molar-refractivity contribution in [2.24, 2.45) is 0 Å². The van der Waals surface area contributed by atoms with Crippen LogP contribution in [-0.2, 0) is 6.42 Å². The van der Waals surface area contributed by atoms with Crippen molar-refractivity contribution in [3.8, 4) is 0 Å². The van der Waals surface area contributed by atoms with E-state index in [1.54, 1.807) is 11.3 Å². The van der Waals surface area contributed by atoms with Gasteiger partial charge in [0, 0.05) is 17.3 Å². The summed E-state index contributed by atoms with van der Waals surface area (Å²) in [7, 11) is 2.02. The highest BCUT2D eigenvalue weighted by atomic mass is 35.5. The second-order valence-corrected chi connectivity index (χ2v) is 6.36. The molecule has 1 unspecified atom stereocenters. The molecule has 0 aliphatic carbocycles. The van der Waals surface area contributed by atoms with Gasteiger partial charge in [-0.2, -0.15) is 0 Å². The van der Waals surface area contributed by atoms with Crippen molar-refractivity contribution in [3.63, 3.8) is 0 Å². The Bertz CT molecular complexity index is 513. The van der Waals surface area contributed by atoms with Gasteiger partial charge in [0.25, 0.3) is 0 Å². The first-order valence-corrected chi connectivity index (χ1v) is 7.29. The normalized spacial score (nSPS) is 12.7. The number of hydrogen-bond acceptors (Lipinski definition) is 2. The molecule has 2 aromatic rings. The minimum Gasteiger partial charge on any atom is -0.313 e. The van der Waals surface area contributed by atoms with Crippen LogP contribution in [0.3, 0.4) is 0 Å². The Labute approximate surface area is 118 Å². The van der Waals surface area contributed by atoms with E-state index in [-0.39, 0.29) is 0 Å². The number of thiophene rings is 1. The Hall–Kier alpha value is -0.830. The molecule has 0 amide bonds. The van der Waals surface area contributed by atoms with Crippen molar-refractivity contribution in [1.29, 1.82) is 0 Å². The molecule has 0 bridgehead atoms. The van der Waals surface area contributed by atoms with Gasteiger partial charge >= 0.3 is 0 Å². The van der Waals surface area contributed by atoms with Crippen molar-refractivity contribution >= 4 is 22.9 Å². The lowest BCUT2D eigenvalue weighted by molar-refractivity contribution is 0.590. The molecule has 2 rings (SSSR count). The van der Waals surface area contributed by atoms with E-state index in [2.05, 4.69) is 43.4 Å². The summed E-state index contributed by atoms with van der Waals surface area (Å²) in [6, 6.07) is 10.9. The fourth-order valence-electron chi connectivity index (χ4n) is 2.39. The van der Waals surface area contributed by atoms with Gasteiger partial charge in [-0.3, -0.25) is 0 Å². The van der Waals surface area contributed by atoms with Crippen molar-refractivity contribution < 1.29 is 0 Å². The fraction of sp³-hybridized carbons (Fsp3) is 0.333. The summed E-state index contributed by atoms with van der Waals surface area (Å²) >= 11 is 7.66. The zero-order valence-corrected chi connectivity index (χ0v) is 12.5. The molecule has 0 aliphatic rings. The summed E-state index contributed by atoms with van der Waals surface area (Å²) in [5, 5.41) is 3.42. The molecule has 3 heteroatoms. The summed E-state index contributed by atoms with van der Waals surface area (Å²) in [6.07, 6.45) is 0.986. The van der Waals surface area contributed by atoms with E-state index in [0.717, 1.165) is 10.8 Å². The zero-order chi connectivity index (χ0) is 13.1. The molecule has 0 spiro atoms. The molecule has 0 aliphatic heterocycles. The maximum Gasteiger partial charge on any atom is 0.0931 e. The Morgan fingerprint density at radius 1 is 1.17 bits per heavy atom. The topological polar surface area (TPSA) is 12.0 Å². The van der Waals surface area contributed by atoms with Gasteiger partial charge in [0.1, 0.15) is 0 Å². The Kier molecular flexibility index (Phi) is 4.44. The van der Waals surface area contributed by atoms with Gasteiger partial charge in [0.2, 0.25) is 0 Å². The third-order valence-electron chi connectivity index (χ3n) is 3.27. The van der Waals surface area contributed by atoms with Crippen LogP contribution in [0.4, 0.5) is 0 Å². The first-order chi connectivity index (χ1) is 8.61. The maximum atomic E-state index is 5.99. The number of aryl methyl sites for hydroxylation is 2. The van der Waals surface area contributed by atoms with Crippen molar-refractivity contribution in [2.45, 2.75) is 26.3 Å². The molecule has 0 saturated carbocycles. The maximum absolute atomic E-state index is 5.99. The molecule has 96 valence electrons. The summed E-state index contributed by atoms with van der Waals surface area (Å²) in [5.41, 5.74) is 4.10. The predicted molar refractivity (Wildman–Crippen MR) is 80.7 cm³/mol. The summed E-state index contributed by atoms with van der Waals surface area (Å²) < 4.78 is 0.862. The van der Waals surface area contributed by atoms with Gasteiger partial charge in [-0.25, -0.2) is 0 Å². The van der Waals surface area contributed by atoms with Gasteiger partial charge in [0.15, 0.2) is 0 Å². The van der Waals surface area contributed by atoms with Crippen LogP contribution in [0.15, 0.2) is 30.3 Å². The molecular weight excluding hydrogens is 262 g/mol. The van der Waals surface area contributed by atoms with E-state index in [1.165, 1.54) is 21.6 Å². The van der Waals surface area contributed by atoms with Crippen molar-refractivity contribution in [3.05, 3.63) is 56.2 Å². The van der Waals surface area contributed by atoms with Gasteiger partial charge in [0.05, 0.1) is 4.34 Å². The zero-order valence-electron chi connectivity index (χ0n) is 11.0. The minimum atomic E-state index is 0.348. The third-order valence-corrected chi connectivity index (χ3v) is 4.53. The Morgan fingerprint density at radius 3 is 2.33 bits per heavy atom. The standard InChI is InChI=1S/C15H18ClNS/c1-10-5-4-6-11(2)15(10)13(17-3)9-12-7-8-14(16)18-12/h4-8,13,17H,9H2,1-3H3. The van der Waals surface area contributed by atoms with E-state index >= 15 is 0 Å². The van der Waals surface area contributed by atoms with Crippen LogP contribution in [-0.4, -0.2) is 7.05 Å². The molecular formula is C15H18ClNS. The molecule has 1 N–H and O–H groups in total. The van der Waals surface area contributed by atoms with Crippen LogP contribution in [0.1, 0.15) is 27.6 Å². The average molecular weight is 280 g/mol. The van der Waals surface area contributed by atoms with Crippen LogP contribution < -0.4 is 5.32 Å². The lowest BCUT2D eigenvalue weighted by Gasteiger charge is -2.20. The molecule has 0 fully saturated rings. The van der Waals surface area contributed by atoms with Crippen LogP contribution >= 0.6 is 22.9 Å². The van der Waals surface area contributed by atoms with Gasteiger partial charge in [-0.1, -0.05) is 29.8 Å². The highest BCUT2D eigenvalue weighted by Gasteiger charge is 2.15. The second kappa shape index (κ2) is 5.87. The molecule has 1 heterocycles. The summed E-state index contributed by atoms with van der Waals surface area (Å²) in [5.74, 6) is 0. The predicted octanol–water partition coefficient (Wildman–Crippen LogP) is 4.52. The van der Waals surface area contributed by atoms with Gasteiger partial charge in [-0.15, -0.1) is 11.3 Å². The molecule has 1 atom stereocenters. The SMILES string of the molecule is CNC(Cc1ccc(Cl)s1)c1c(C)cccc1C. The molecule has 1 aromatic heterocycles. The van der Waals surface area contributed by atoms with Crippen LogP contribution in [0, 0.1) is 13.8 Å². The fourth-order valence-corrected chi connectivity index (χ4v) is 3.52. The molecule has 1 aromatic carbocycles. The molecule has 18 heavy (non-hydrogen) atoms. The highest BCUT2D eigenvalue weighted by Crippen LogP contribution is 2.29. The lowest BCUT2D eigenvalue weighted by atomic mass is 9.94. The number of rotatable bonds is 4. The van der Waals surface area contributed by atoms with E-state index < -0.39 is 0 Å². The number of nitrogens with one attached hydrogen (secondary N) is 1. The lowest BCUT2D eigenvalue weighted by Crippen LogP contribution is -2.20. The van der Waals surface area contributed by atoms with E-state index in [9.17, 15) is 0 Å². The molecule has 0 saturated heterocycles. The van der Waals surface area contributed by atoms with Crippen LogP contribution in [0.2, 0.25) is 4.34 Å². The van der Waals surface area contributed by atoms with E-state index in [0.29, 0.717) is 6.04 Å². The van der Waals surface area contributed by atoms with E-state index in [1.807, 2.05) is 13.1 Å². The van der Waals surface area contributed by atoms with Gasteiger partial charge < -0.3 is 5.32 Å². The number of likely N-dealkylation sites (N-methyl/N-ethyl adjacent to an activating group) is 1. The third kappa shape index (κ3) is 2.94. The monoisotopic (exact) mass is 279 g/mol. The first-order valence-electron chi connectivity index (χ1n) is 6.09. The van der Waals surface area contributed by atoms with Crippen LogP contribution in [0.25, 0.3) is 0 Å². The number of benzene rings is 1. The quantitative estimate of drug-likeness (QED) is 0.868. The Morgan fingerprint density at radius 2 is 1.83 bits per heavy atom. The average Bonchev–Trinajstić information content (AvgIpc) is 2.73. The largest absolute Gasteiger partial charge is 0.313 e. The first kappa shape index (κ1) is 13.6. The Balaban J connectivity index is 2.28. The highest BCUT2D eigenvalue weighted by molar-refractivity contribution is 7.16. The second-order valence-electron chi connectivity index (χ2n) is 4.56. The summed E-state index contributed by atoms with van der Waals surface area (Å²) in [4.78, 5) is 1.32. The molecule has 0 radical (unpaired) electrons. The number of halogens is 1. The van der Waals surface area contributed by atoms with E-state index in [4.69, 9.17) is 11.6 Å². The summed E-state index contributed by atoms with van der Waals surface area (Å²) in [6.45, 7) is 4.35. The number of hydrogen-bond donors (Lipinski definition) is 1. The van der Waals surface area contributed by atoms with Crippen LogP contribution in [0.5, 0.6) is 0 Å².